The van der Waals surface area contributed by atoms with Gasteiger partial charge in [-0.3, -0.25) is 4.79 Å². The Balaban J connectivity index is 1.72. The summed E-state index contributed by atoms with van der Waals surface area (Å²) >= 11 is 1.73. The van der Waals surface area contributed by atoms with Crippen LogP contribution in [0.4, 0.5) is 0 Å². The van der Waals surface area contributed by atoms with Crippen LogP contribution in [0.15, 0.2) is 17.9 Å². The molecule has 0 bridgehead atoms. The monoisotopic (exact) mass is 304 g/mol. The number of aromatic nitrogens is 3. The van der Waals surface area contributed by atoms with Crippen molar-refractivity contribution in [3.8, 4) is 0 Å². The van der Waals surface area contributed by atoms with Gasteiger partial charge < -0.3 is 9.88 Å². The summed E-state index contributed by atoms with van der Waals surface area (Å²) in [7, 11) is 0. The van der Waals surface area contributed by atoms with Gasteiger partial charge in [-0.05, 0) is 18.8 Å². The maximum atomic E-state index is 12.4. The molecule has 0 saturated carbocycles. The molecule has 112 valence electrons. The highest BCUT2D eigenvalue weighted by Crippen LogP contribution is 2.31. The van der Waals surface area contributed by atoms with E-state index in [0.29, 0.717) is 17.5 Å². The molecule has 3 heterocycles. The Kier molecular flexibility index (Phi) is 4.05. The summed E-state index contributed by atoms with van der Waals surface area (Å²) in [6, 6.07) is 0. The molecule has 5 nitrogen and oxygen atoms in total. The number of carbonyl (C=O) groups is 1. The number of aromatic amines is 1. The number of thiazole rings is 1. The molecule has 1 atom stereocenters. The topological polar surface area (TPSA) is 61.9 Å². The Bertz CT molecular complexity index is 605. The average molecular weight is 304 g/mol. The highest BCUT2D eigenvalue weighted by atomic mass is 32.1. The van der Waals surface area contributed by atoms with E-state index in [4.69, 9.17) is 4.98 Å². The van der Waals surface area contributed by atoms with Gasteiger partial charge in [0, 0.05) is 24.4 Å². The Morgan fingerprint density at radius 3 is 3.05 bits per heavy atom. The first-order valence-electron chi connectivity index (χ1n) is 7.38. The SMILES string of the molecule is CC(C)c1csc(C2CCCN(C(=O)c3cnc[nH]3)C2)n1. The minimum atomic E-state index is 0.0397. The van der Waals surface area contributed by atoms with Crippen molar-refractivity contribution in [1.29, 1.82) is 0 Å². The fourth-order valence-corrected chi connectivity index (χ4v) is 3.77. The lowest BCUT2D eigenvalue weighted by molar-refractivity contribution is 0.0701. The smallest absolute Gasteiger partial charge is 0.271 e. The normalized spacial score (nSPS) is 19.2. The second-order valence-electron chi connectivity index (χ2n) is 5.82. The minimum absolute atomic E-state index is 0.0397. The molecular weight excluding hydrogens is 284 g/mol. The van der Waals surface area contributed by atoms with Crippen LogP contribution >= 0.6 is 11.3 Å². The predicted molar refractivity (Wildman–Crippen MR) is 82.7 cm³/mol. The zero-order chi connectivity index (χ0) is 14.8. The van der Waals surface area contributed by atoms with Gasteiger partial charge in [0.25, 0.3) is 5.91 Å². The van der Waals surface area contributed by atoms with Gasteiger partial charge in [-0.15, -0.1) is 11.3 Å². The first-order chi connectivity index (χ1) is 10.1. The number of rotatable bonds is 3. The Labute approximate surface area is 128 Å². The first kappa shape index (κ1) is 14.3. The molecule has 1 unspecified atom stereocenters. The van der Waals surface area contributed by atoms with E-state index in [2.05, 4.69) is 29.2 Å². The summed E-state index contributed by atoms with van der Waals surface area (Å²) in [6.07, 6.45) is 5.27. The van der Waals surface area contributed by atoms with Crippen LogP contribution in [0.5, 0.6) is 0 Å². The van der Waals surface area contributed by atoms with Crippen LogP contribution in [-0.2, 0) is 0 Å². The van der Waals surface area contributed by atoms with Gasteiger partial charge in [-0.25, -0.2) is 9.97 Å². The number of likely N-dealkylation sites (tertiary alicyclic amines) is 1. The average Bonchev–Trinajstić information content (AvgIpc) is 3.18. The van der Waals surface area contributed by atoms with Crippen LogP contribution in [0.25, 0.3) is 0 Å². The summed E-state index contributed by atoms with van der Waals surface area (Å²) in [5.74, 6) is 0.863. The van der Waals surface area contributed by atoms with Crippen molar-refractivity contribution in [3.05, 3.63) is 34.3 Å². The Hall–Kier alpha value is -1.69. The zero-order valence-electron chi connectivity index (χ0n) is 12.4. The van der Waals surface area contributed by atoms with Crippen LogP contribution in [0.2, 0.25) is 0 Å². The summed E-state index contributed by atoms with van der Waals surface area (Å²) in [6.45, 7) is 5.89. The summed E-state index contributed by atoms with van der Waals surface area (Å²) in [5.41, 5.74) is 1.73. The van der Waals surface area contributed by atoms with E-state index in [1.54, 1.807) is 23.9 Å². The molecule has 3 rings (SSSR count). The highest BCUT2D eigenvalue weighted by Gasteiger charge is 2.27. The molecule has 1 aliphatic rings. The maximum Gasteiger partial charge on any atom is 0.271 e. The van der Waals surface area contributed by atoms with E-state index in [-0.39, 0.29) is 5.91 Å². The molecular formula is C15H20N4OS. The van der Waals surface area contributed by atoms with Crippen LogP contribution in [0, 0.1) is 0 Å². The fourth-order valence-electron chi connectivity index (χ4n) is 2.66. The number of hydrogen-bond acceptors (Lipinski definition) is 4. The largest absolute Gasteiger partial charge is 0.341 e. The van der Waals surface area contributed by atoms with Crippen molar-refractivity contribution < 1.29 is 4.79 Å². The highest BCUT2D eigenvalue weighted by molar-refractivity contribution is 7.09. The minimum Gasteiger partial charge on any atom is -0.341 e. The number of nitrogens with zero attached hydrogens (tertiary/aromatic N) is 3. The van der Waals surface area contributed by atoms with E-state index >= 15 is 0 Å². The van der Waals surface area contributed by atoms with Crippen LogP contribution in [0.3, 0.4) is 0 Å². The van der Waals surface area contributed by atoms with E-state index < -0.39 is 0 Å². The molecule has 2 aromatic heterocycles. The van der Waals surface area contributed by atoms with E-state index in [0.717, 1.165) is 31.6 Å². The van der Waals surface area contributed by atoms with Gasteiger partial charge in [-0.2, -0.15) is 0 Å². The predicted octanol–water partition coefficient (Wildman–Crippen LogP) is 3.01. The summed E-state index contributed by atoms with van der Waals surface area (Å²) < 4.78 is 0. The second kappa shape index (κ2) is 5.97. The van der Waals surface area contributed by atoms with Crippen LogP contribution < -0.4 is 0 Å². The van der Waals surface area contributed by atoms with Gasteiger partial charge in [0.15, 0.2) is 0 Å². The summed E-state index contributed by atoms with van der Waals surface area (Å²) in [5, 5.41) is 3.32. The third-order valence-corrected chi connectivity index (χ3v) is 4.94. The van der Waals surface area contributed by atoms with Crippen molar-refractivity contribution in [2.45, 2.75) is 38.5 Å². The van der Waals surface area contributed by atoms with Crippen molar-refractivity contribution in [2.24, 2.45) is 0 Å². The number of H-pyrrole nitrogens is 1. The summed E-state index contributed by atoms with van der Waals surface area (Å²) in [4.78, 5) is 25.9. The lowest BCUT2D eigenvalue weighted by Crippen LogP contribution is -2.39. The number of nitrogens with one attached hydrogen (secondary N) is 1. The first-order valence-corrected chi connectivity index (χ1v) is 8.26. The Morgan fingerprint density at radius 1 is 1.52 bits per heavy atom. The number of amides is 1. The lowest BCUT2D eigenvalue weighted by Gasteiger charge is -2.31. The number of hydrogen-bond donors (Lipinski definition) is 1. The van der Waals surface area contributed by atoms with Crippen LogP contribution in [0.1, 0.15) is 59.7 Å². The van der Waals surface area contributed by atoms with Crippen molar-refractivity contribution >= 4 is 17.2 Å². The molecule has 0 spiro atoms. The molecule has 1 saturated heterocycles. The van der Waals surface area contributed by atoms with Crippen molar-refractivity contribution in [3.63, 3.8) is 0 Å². The van der Waals surface area contributed by atoms with Crippen LogP contribution in [-0.4, -0.2) is 38.8 Å². The number of carbonyl (C=O) groups excluding carboxylic acids is 1. The number of imidazole rings is 1. The third kappa shape index (κ3) is 3.00. The van der Waals surface area contributed by atoms with E-state index in [1.807, 2.05) is 4.90 Å². The van der Waals surface area contributed by atoms with Gasteiger partial charge in [0.2, 0.25) is 0 Å². The van der Waals surface area contributed by atoms with E-state index in [1.165, 1.54) is 5.01 Å². The van der Waals surface area contributed by atoms with Gasteiger partial charge >= 0.3 is 0 Å². The molecule has 1 aliphatic heterocycles. The second-order valence-corrected chi connectivity index (χ2v) is 6.71. The molecule has 0 aromatic carbocycles. The van der Waals surface area contributed by atoms with Crippen molar-refractivity contribution in [1.82, 2.24) is 19.9 Å². The van der Waals surface area contributed by atoms with Gasteiger partial charge in [0.05, 0.1) is 23.2 Å². The fraction of sp³-hybridized carbons (Fsp3) is 0.533. The standard InChI is InChI=1S/C15H20N4OS/c1-10(2)13-8-21-14(18-13)11-4-3-5-19(7-11)15(20)12-6-16-9-17-12/h6,8-11H,3-5,7H2,1-2H3,(H,16,17). The quantitative estimate of drug-likeness (QED) is 0.948. The maximum absolute atomic E-state index is 12.4. The zero-order valence-corrected chi connectivity index (χ0v) is 13.2. The molecule has 6 heteroatoms. The molecule has 0 radical (unpaired) electrons. The molecule has 1 fully saturated rings. The molecule has 21 heavy (non-hydrogen) atoms. The van der Waals surface area contributed by atoms with Crippen molar-refractivity contribution in [2.75, 3.05) is 13.1 Å². The van der Waals surface area contributed by atoms with Gasteiger partial charge in [-0.1, -0.05) is 13.8 Å². The molecule has 1 amide bonds. The van der Waals surface area contributed by atoms with E-state index in [9.17, 15) is 4.79 Å². The molecule has 0 aliphatic carbocycles. The number of piperidine rings is 1. The lowest BCUT2D eigenvalue weighted by atomic mass is 9.98. The molecule has 1 N–H and O–H groups in total. The third-order valence-electron chi connectivity index (χ3n) is 3.92. The van der Waals surface area contributed by atoms with Gasteiger partial charge in [0.1, 0.15) is 5.69 Å². The molecule has 2 aromatic rings. The Morgan fingerprint density at radius 2 is 2.38 bits per heavy atom.